The maximum absolute atomic E-state index is 12.5. The van der Waals surface area contributed by atoms with Gasteiger partial charge in [-0.25, -0.2) is 8.42 Å². The standard InChI is InChI=1S/C14H11BrClF2NO4S/c1-22-13-11(15)6-8(16)7-12(13)24(20,21)19-9-2-4-10(5-3-9)23-14(17)18/h2-7,14,19H,1H3. The fourth-order valence-electron chi connectivity index (χ4n) is 1.85. The summed E-state index contributed by atoms with van der Waals surface area (Å²) in [5, 5.41) is 0.198. The third kappa shape index (κ3) is 4.49. The van der Waals surface area contributed by atoms with Gasteiger partial charge in [-0.1, -0.05) is 11.6 Å². The summed E-state index contributed by atoms with van der Waals surface area (Å²) in [6, 6.07) is 7.75. The van der Waals surface area contributed by atoms with Gasteiger partial charge in [0.05, 0.1) is 11.6 Å². The van der Waals surface area contributed by atoms with Gasteiger partial charge in [0.15, 0.2) is 5.75 Å². The highest BCUT2D eigenvalue weighted by Gasteiger charge is 2.22. The normalized spacial score (nSPS) is 11.4. The molecule has 0 saturated heterocycles. The van der Waals surface area contributed by atoms with Crippen molar-refractivity contribution in [1.82, 2.24) is 0 Å². The van der Waals surface area contributed by atoms with Gasteiger partial charge >= 0.3 is 6.61 Å². The van der Waals surface area contributed by atoms with Gasteiger partial charge in [0.25, 0.3) is 10.0 Å². The van der Waals surface area contributed by atoms with Crippen molar-refractivity contribution in [3.05, 3.63) is 45.9 Å². The van der Waals surface area contributed by atoms with E-state index in [4.69, 9.17) is 16.3 Å². The van der Waals surface area contributed by atoms with E-state index in [1.165, 1.54) is 43.5 Å². The lowest BCUT2D eigenvalue weighted by Gasteiger charge is -2.14. The summed E-state index contributed by atoms with van der Waals surface area (Å²) in [4.78, 5) is -0.169. The zero-order valence-electron chi connectivity index (χ0n) is 12.1. The van der Waals surface area contributed by atoms with Crippen LogP contribution < -0.4 is 14.2 Å². The van der Waals surface area contributed by atoms with Crippen LogP contribution in [0.1, 0.15) is 0 Å². The minimum absolute atomic E-state index is 0.0870. The number of sulfonamides is 1. The molecule has 5 nitrogen and oxygen atoms in total. The number of ether oxygens (including phenoxy) is 2. The summed E-state index contributed by atoms with van der Waals surface area (Å²) in [5.74, 6) is 0.000539. The predicted octanol–water partition coefficient (Wildman–Crippen LogP) is 4.51. The average Bonchev–Trinajstić information content (AvgIpc) is 2.48. The van der Waals surface area contributed by atoms with Crippen LogP contribution in [0.15, 0.2) is 45.8 Å². The van der Waals surface area contributed by atoms with Crippen LogP contribution in [0.5, 0.6) is 11.5 Å². The smallest absolute Gasteiger partial charge is 0.387 e. The molecule has 2 rings (SSSR count). The maximum atomic E-state index is 12.5. The molecule has 0 fully saturated rings. The molecule has 0 heterocycles. The van der Waals surface area contributed by atoms with Crippen LogP contribution in [0.25, 0.3) is 0 Å². The summed E-state index contributed by atoms with van der Waals surface area (Å²) in [6.45, 7) is -2.96. The highest BCUT2D eigenvalue weighted by molar-refractivity contribution is 9.10. The van der Waals surface area contributed by atoms with Crippen LogP contribution in [0.2, 0.25) is 5.02 Å². The molecule has 0 spiro atoms. The maximum Gasteiger partial charge on any atom is 0.387 e. The molecule has 2 aromatic carbocycles. The lowest BCUT2D eigenvalue weighted by molar-refractivity contribution is -0.0498. The van der Waals surface area contributed by atoms with Crippen molar-refractivity contribution in [2.45, 2.75) is 11.5 Å². The second-order valence-corrected chi connectivity index (χ2v) is 7.37. The molecule has 0 bridgehead atoms. The molecule has 0 saturated carbocycles. The number of methoxy groups -OCH3 is 1. The van der Waals surface area contributed by atoms with Crippen LogP contribution in [0.4, 0.5) is 14.5 Å². The van der Waals surface area contributed by atoms with E-state index in [1.807, 2.05) is 0 Å². The van der Waals surface area contributed by atoms with E-state index < -0.39 is 16.6 Å². The molecular weight excluding hydrogens is 432 g/mol. The predicted molar refractivity (Wildman–Crippen MR) is 89.6 cm³/mol. The first kappa shape index (κ1) is 18.8. The van der Waals surface area contributed by atoms with Crippen molar-refractivity contribution in [1.29, 1.82) is 0 Å². The second kappa shape index (κ2) is 7.54. The van der Waals surface area contributed by atoms with Gasteiger partial charge in [0.2, 0.25) is 0 Å². The van der Waals surface area contributed by atoms with Crippen molar-refractivity contribution in [2.24, 2.45) is 0 Å². The number of benzene rings is 2. The first-order valence-electron chi connectivity index (χ1n) is 6.33. The van der Waals surface area contributed by atoms with Gasteiger partial charge in [-0.3, -0.25) is 4.72 Å². The minimum atomic E-state index is -4.02. The highest BCUT2D eigenvalue weighted by Crippen LogP contribution is 2.36. The Morgan fingerprint density at radius 3 is 2.38 bits per heavy atom. The topological polar surface area (TPSA) is 64.6 Å². The molecule has 0 atom stereocenters. The van der Waals surface area contributed by atoms with E-state index in [1.54, 1.807) is 0 Å². The Hall–Kier alpha value is -1.58. The number of anilines is 1. The number of hydrogen-bond donors (Lipinski definition) is 1. The number of alkyl halides is 2. The van der Waals surface area contributed by atoms with Crippen LogP contribution in [0.3, 0.4) is 0 Å². The molecule has 0 aliphatic carbocycles. The third-order valence-electron chi connectivity index (χ3n) is 2.80. The molecule has 0 radical (unpaired) electrons. The molecule has 130 valence electrons. The average molecular weight is 443 g/mol. The largest absolute Gasteiger partial charge is 0.494 e. The van der Waals surface area contributed by atoms with Crippen molar-refractivity contribution in [2.75, 3.05) is 11.8 Å². The Kier molecular flexibility index (Phi) is 5.89. The molecule has 0 aliphatic heterocycles. The zero-order chi connectivity index (χ0) is 17.9. The van der Waals surface area contributed by atoms with E-state index in [2.05, 4.69) is 25.4 Å². The van der Waals surface area contributed by atoms with Gasteiger partial charge in [0.1, 0.15) is 10.6 Å². The van der Waals surface area contributed by atoms with Gasteiger partial charge in [-0.15, -0.1) is 0 Å². The number of hydrogen-bond acceptors (Lipinski definition) is 4. The molecule has 0 aromatic heterocycles. The fraction of sp³-hybridized carbons (Fsp3) is 0.143. The van der Waals surface area contributed by atoms with Gasteiger partial charge in [0, 0.05) is 10.7 Å². The molecule has 0 aliphatic rings. The first-order chi connectivity index (χ1) is 11.2. The van der Waals surface area contributed by atoms with Crippen molar-refractivity contribution in [3.63, 3.8) is 0 Å². The first-order valence-corrected chi connectivity index (χ1v) is 8.99. The summed E-state index contributed by atoms with van der Waals surface area (Å²) < 4.78 is 61.2. The van der Waals surface area contributed by atoms with E-state index >= 15 is 0 Å². The summed E-state index contributed by atoms with van der Waals surface area (Å²) >= 11 is 9.07. The Morgan fingerprint density at radius 1 is 1.21 bits per heavy atom. The van der Waals surface area contributed by atoms with Gasteiger partial charge in [-0.2, -0.15) is 8.78 Å². The van der Waals surface area contributed by atoms with Crippen LogP contribution in [0, 0.1) is 0 Å². The van der Waals surface area contributed by atoms with Crippen molar-refractivity contribution < 1.29 is 26.7 Å². The van der Waals surface area contributed by atoms with Crippen molar-refractivity contribution >= 4 is 43.2 Å². The Bertz CT molecular complexity index is 831. The summed E-state index contributed by atoms with van der Waals surface area (Å²) in [7, 11) is -2.69. The Morgan fingerprint density at radius 2 is 1.83 bits per heavy atom. The molecular formula is C14H11BrClF2NO4S. The van der Waals surface area contributed by atoms with Crippen LogP contribution in [-0.4, -0.2) is 22.1 Å². The van der Waals surface area contributed by atoms with Gasteiger partial charge < -0.3 is 9.47 Å². The minimum Gasteiger partial charge on any atom is -0.494 e. The lowest BCUT2D eigenvalue weighted by atomic mass is 10.3. The highest BCUT2D eigenvalue weighted by atomic mass is 79.9. The van der Waals surface area contributed by atoms with E-state index in [-0.39, 0.29) is 27.1 Å². The Balaban J connectivity index is 2.32. The van der Waals surface area contributed by atoms with E-state index in [0.717, 1.165) is 0 Å². The van der Waals surface area contributed by atoms with Crippen molar-refractivity contribution in [3.8, 4) is 11.5 Å². The SMILES string of the molecule is COc1c(Br)cc(Cl)cc1S(=O)(=O)Nc1ccc(OC(F)F)cc1. The summed E-state index contributed by atoms with van der Waals surface area (Å²) in [6.07, 6.45) is 0. The summed E-state index contributed by atoms with van der Waals surface area (Å²) in [5.41, 5.74) is 0.162. The molecule has 1 N–H and O–H groups in total. The van der Waals surface area contributed by atoms with E-state index in [0.29, 0.717) is 4.47 Å². The lowest BCUT2D eigenvalue weighted by Crippen LogP contribution is -2.14. The van der Waals surface area contributed by atoms with Crippen LogP contribution in [-0.2, 0) is 10.0 Å². The quantitative estimate of drug-likeness (QED) is 0.715. The fourth-order valence-corrected chi connectivity index (χ4v) is 4.29. The third-order valence-corrected chi connectivity index (χ3v) is 4.99. The molecule has 24 heavy (non-hydrogen) atoms. The monoisotopic (exact) mass is 441 g/mol. The van der Waals surface area contributed by atoms with Crippen LogP contribution >= 0.6 is 27.5 Å². The zero-order valence-corrected chi connectivity index (χ0v) is 15.3. The molecule has 0 unspecified atom stereocenters. The number of rotatable bonds is 6. The molecule has 0 amide bonds. The Labute approximate surface area is 150 Å². The van der Waals surface area contributed by atoms with E-state index in [9.17, 15) is 17.2 Å². The van der Waals surface area contributed by atoms with Gasteiger partial charge in [-0.05, 0) is 52.3 Å². The molecule has 10 heteroatoms. The second-order valence-electron chi connectivity index (χ2n) is 4.43. The molecule has 2 aromatic rings. The number of nitrogens with one attached hydrogen (secondary N) is 1. The number of halogens is 4.